The highest BCUT2D eigenvalue weighted by atomic mass is 79.9. The van der Waals surface area contributed by atoms with Crippen LogP contribution in [0, 0.1) is 12.8 Å². The maximum absolute atomic E-state index is 13.1. The summed E-state index contributed by atoms with van der Waals surface area (Å²) in [5.41, 5.74) is 2.10. The molecule has 1 heterocycles. The van der Waals surface area contributed by atoms with Crippen LogP contribution in [0.4, 0.5) is 0 Å². The molecule has 0 aromatic heterocycles. The number of carbonyl (C=O) groups excluding carboxylic acids is 2. The molecule has 6 nitrogen and oxygen atoms in total. The van der Waals surface area contributed by atoms with Crippen molar-refractivity contribution in [1.29, 1.82) is 0 Å². The van der Waals surface area contributed by atoms with Gasteiger partial charge >= 0.3 is 0 Å². The molecule has 7 heteroatoms. The Balaban J connectivity index is 2.07. The summed E-state index contributed by atoms with van der Waals surface area (Å²) >= 11 is 3.47. The fraction of sp³-hybridized carbons (Fsp3) is 0.385. The number of methoxy groups -OCH3 is 1. The van der Waals surface area contributed by atoms with Crippen molar-refractivity contribution in [2.75, 3.05) is 26.9 Å². The van der Waals surface area contributed by atoms with Gasteiger partial charge in [0.1, 0.15) is 11.5 Å². The number of benzene rings is 2. The van der Waals surface area contributed by atoms with Gasteiger partial charge in [0.05, 0.1) is 18.2 Å². The number of rotatable bonds is 9. The van der Waals surface area contributed by atoms with Crippen LogP contribution >= 0.6 is 15.9 Å². The molecule has 1 aliphatic heterocycles. The van der Waals surface area contributed by atoms with E-state index >= 15 is 0 Å². The van der Waals surface area contributed by atoms with E-state index < -0.39 is 17.7 Å². The van der Waals surface area contributed by atoms with E-state index in [1.807, 2.05) is 37.3 Å². The molecule has 1 N–H and O–H groups in total. The summed E-state index contributed by atoms with van der Waals surface area (Å²) in [5, 5.41) is 11.3. The molecule has 3 rings (SSSR count). The van der Waals surface area contributed by atoms with E-state index in [0.29, 0.717) is 43.4 Å². The number of nitrogens with zero attached hydrogens (tertiary/aromatic N) is 1. The molecule has 1 unspecified atom stereocenters. The van der Waals surface area contributed by atoms with Gasteiger partial charge < -0.3 is 19.5 Å². The summed E-state index contributed by atoms with van der Waals surface area (Å²) in [6.07, 6.45) is 0.578. The maximum atomic E-state index is 13.1. The zero-order valence-corrected chi connectivity index (χ0v) is 21.0. The summed E-state index contributed by atoms with van der Waals surface area (Å²) in [6.45, 7) is 7.38. The molecular formula is C26H30BrNO5. The number of ketones is 1. The Hall–Kier alpha value is -2.64. The molecule has 1 atom stereocenters. The van der Waals surface area contributed by atoms with E-state index in [2.05, 4.69) is 29.8 Å². The van der Waals surface area contributed by atoms with Gasteiger partial charge in [-0.15, -0.1) is 0 Å². The Bertz CT molecular complexity index is 1060. The first-order valence-electron chi connectivity index (χ1n) is 11.0. The standard InChI is InChI=1S/C26H30BrNO5/c1-16(2)15-33-20-9-10-21(17(3)13-20)24(29)22-23(18-7-5-8-19(27)14-18)28(11-6-12-32-4)26(31)25(22)30/h5,7-10,13-14,16,23,29H,6,11-12,15H2,1-4H3. The van der Waals surface area contributed by atoms with Gasteiger partial charge in [0.15, 0.2) is 0 Å². The van der Waals surface area contributed by atoms with Crippen LogP contribution in [0.5, 0.6) is 5.75 Å². The van der Waals surface area contributed by atoms with Gasteiger partial charge in [-0.3, -0.25) is 9.59 Å². The Morgan fingerprint density at radius 1 is 1.18 bits per heavy atom. The fourth-order valence-corrected chi connectivity index (χ4v) is 4.33. The first-order valence-corrected chi connectivity index (χ1v) is 11.8. The van der Waals surface area contributed by atoms with Crippen LogP contribution in [0.1, 0.15) is 43.0 Å². The smallest absolute Gasteiger partial charge is 0.295 e. The molecule has 2 aromatic rings. The molecule has 1 fully saturated rings. The Morgan fingerprint density at radius 2 is 1.94 bits per heavy atom. The Labute approximate surface area is 203 Å². The van der Waals surface area contributed by atoms with Crippen molar-refractivity contribution >= 4 is 33.4 Å². The number of likely N-dealkylation sites (tertiary alicyclic amines) is 1. The number of amides is 1. The van der Waals surface area contributed by atoms with Crippen LogP contribution in [0.25, 0.3) is 5.76 Å². The zero-order chi connectivity index (χ0) is 24.1. The van der Waals surface area contributed by atoms with Gasteiger partial charge in [0, 0.05) is 30.3 Å². The summed E-state index contributed by atoms with van der Waals surface area (Å²) in [7, 11) is 1.59. The van der Waals surface area contributed by atoms with Gasteiger partial charge in [0.2, 0.25) is 0 Å². The van der Waals surface area contributed by atoms with Crippen molar-refractivity contribution in [3.05, 3.63) is 69.2 Å². The summed E-state index contributed by atoms with van der Waals surface area (Å²) < 4.78 is 11.7. The molecule has 1 amide bonds. The predicted octanol–water partition coefficient (Wildman–Crippen LogP) is 5.25. The highest BCUT2D eigenvalue weighted by Gasteiger charge is 2.45. The second-order valence-electron chi connectivity index (χ2n) is 8.58. The lowest BCUT2D eigenvalue weighted by Crippen LogP contribution is -2.31. The third-order valence-electron chi connectivity index (χ3n) is 5.49. The SMILES string of the molecule is COCCCN1C(=O)C(=O)C(=C(O)c2ccc(OCC(C)C)cc2C)C1c1cccc(Br)c1. The minimum atomic E-state index is -0.686. The first kappa shape index (κ1) is 25.0. The number of Topliss-reactive ketones (excluding diaryl/α,β-unsaturated/α-hetero) is 1. The molecule has 2 aromatic carbocycles. The van der Waals surface area contributed by atoms with Crippen molar-refractivity contribution in [2.24, 2.45) is 5.92 Å². The molecule has 1 saturated heterocycles. The zero-order valence-electron chi connectivity index (χ0n) is 19.4. The fourth-order valence-electron chi connectivity index (χ4n) is 3.91. The van der Waals surface area contributed by atoms with Crippen LogP contribution < -0.4 is 4.74 Å². The molecule has 0 aliphatic carbocycles. The van der Waals surface area contributed by atoms with Crippen LogP contribution in [0.15, 0.2) is 52.5 Å². The van der Waals surface area contributed by atoms with Crippen molar-refractivity contribution in [1.82, 2.24) is 4.90 Å². The van der Waals surface area contributed by atoms with Crippen molar-refractivity contribution in [3.8, 4) is 5.75 Å². The van der Waals surface area contributed by atoms with E-state index in [9.17, 15) is 14.7 Å². The van der Waals surface area contributed by atoms with Gasteiger partial charge in [-0.2, -0.15) is 0 Å². The van der Waals surface area contributed by atoms with Crippen LogP contribution in [0.3, 0.4) is 0 Å². The minimum Gasteiger partial charge on any atom is -0.507 e. The molecule has 0 spiro atoms. The number of aryl methyl sites for hydroxylation is 1. The quantitative estimate of drug-likeness (QED) is 0.213. The largest absolute Gasteiger partial charge is 0.507 e. The molecule has 33 heavy (non-hydrogen) atoms. The number of hydrogen-bond donors (Lipinski definition) is 1. The Kier molecular flexibility index (Phi) is 8.32. The van der Waals surface area contributed by atoms with Crippen molar-refractivity contribution in [2.45, 2.75) is 33.2 Å². The Morgan fingerprint density at radius 3 is 2.58 bits per heavy atom. The van der Waals surface area contributed by atoms with Crippen LogP contribution in [-0.2, 0) is 14.3 Å². The van der Waals surface area contributed by atoms with Crippen LogP contribution in [-0.4, -0.2) is 48.6 Å². The third-order valence-corrected chi connectivity index (χ3v) is 5.98. The second-order valence-corrected chi connectivity index (χ2v) is 9.49. The number of hydrogen-bond acceptors (Lipinski definition) is 5. The van der Waals surface area contributed by atoms with E-state index in [1.165, 1.54) is 4.90 Å². The lowest BCUT2D eigenvalue weighted by Gasteiger charge is -2.25. The van der Waals surface area contributed by atoms with E-state index in [-0.39, 0.29) is 11.3 Å². The molecule has 0 bridgehead atoms. The molecule has 0 saturated carbocycles. The van der Waals surface area contributed by atoms with E-state index in [0.717, 1.165) is 15.6 Å². The molecular weight excluding hydrogens is 486 g/mol. The third kappa shape index (κ3) is 5.65. The predicted molar refractivity (Wildman–Crippen MR) is 131 cm³/mol. The van der Waals surface area contributed by atoms with Gasteiger partial charge in [-0.05, 0) is 60.7 Å². The molecule has 0 radical (unpaired) electrons. The topological polar surface area (TPSA) is 76.1 Å². The number of ether oxygens (including phenoxy) is 2. The van der Waals surface area contributed by atoms with Gasteiger partial charge in [-0.1, -0.05) is 41.9 Å². The van der Waals surface area contributed by atoms with Gasteiger partial charge in [-0.25, -0.2) is 0 Å². The molecule has 176 valence electrons. The normalized spacial score (nSPS) is 17.8. The minimum absolute atomic E-state index is 0.0921. The van der Waals surface area contributed by atoms with Gasteiger partial charge in [0.25, 0.3) is 11.7 Å². The van der Waals surface area contributed by atoms with Crippen molar-refractivity contribution in [3.63, 3.8) is 0 Å². The highest BCUT2D eigenvalue weighted by Crippen LogP contribution is 2.40. The average Bonchev–Trinajstić information content (AvgIpc) is 3.02. The van der Waals surface area contributed by atoms with Crippen molar-refractivity contribution < 1.29 is 24.2 Å². The van der Waals surface area contributed by atoms with E-state index in [1.54, 1.807) is 19.2 Å². The number of aliphatic hydroxyl groups is 1. The molecule has 1 aliphatic rings. The lowest BCUT2D eigenvalue weighted by molar-refractivity contribution is -0.140. The van der Waals surface area contributed by atoms with E-state index in [4.69, 9.17) is 9.47 Å². The number of halogens is 1. The highest BCUT2D eigenvalue weighted by molar-refractivity contribution is 9.10. The monoisotopic (exact) mass is 515 g/mol. The summed E-state index contributed by atoms with van der Waals surface area (Å²) in [6, 6.07) is 12.1. The first-order chi connectivity index (χ1) is 15.7. The van der Waals surface area contributed by atoms with Crippen LogP contribution in [0.2, 0.25) is 0 Å². The summed E-state index contributed by atoms with van der Waals surface area (Å²) in [4.78, 5) is 27.6. The summed E-state index contributed by atoms with van der Waals surface area (Å²) in [5.74, 6) is -0.402. The average molecular weight is 516 g/mol. The lowest BCUT2D eigenvalue weighted by atomic mass is 9.94. The number of carbonyl (C=O) groups is 2. The number of aliphatic hydroxyl groups excluding tert-OH is 1. The second kappa shape index (κ2) is 11.0. The maximum Gasteiger partial charge on any atom is 0.295 e.